The molecule has 1 N–H and O–H groups in total. The number of nitrogens with one attached hydrogen (secondary N) is 1. The predicted molar refractivity (Wildman–Crippen MR) is 102 cm³/mol. The molecule has 0 bridgehead atoms. The van der Waals surface area contributed by atoms with Gasteiger partial charge in [-0.1, -0.05) is 61.0 Å². The minimum Gasteiger partial charge on any atom is -0.296 e. The number of aromatic nitrogens is 2. The zero-order valence-electron chi connectivity index (χ0n) is 14.4. The summed E-state index contributed by atoms with van der Waals surface area (Å²) in [6.07, 6.45) is 1.03. The smallest absolute Gasteiger partial charge is 0.0818 e. The zero-order valence-corrected chi connectivity index (χ0v) is 14.4. The van der Waals surface area contributed by atoms with E-state index in [0.29, 0.717) is 0 Å². The Morgan fingerprint density at radius 3 is 2.46 bits per heavy atom. The molecule has 0 aliphatic rings. The number of nitrogens with zero attached hydrogens (tertiary/aromatic N) is 1. The second kappa shape index (κ2) is 5.72. The van der Waals surface area contributed by atoms with E-state index in [4.69, 9.17) is 0 Å². The second-order valence-electron chi connectivity index (χ2n) is 6.47. The third-order valence-electron chi connectivity index (χ3n) is 4.80. The maximum atomic E-state index is 3.33. The van der Waals surface area contributed by atoms with E-state index >= 15 is 0 Å². The van der Waals surface area contributed by atoms with Gasteiger partial charge >= 0.3 is 0 Å². The molecular weight excluding hydrogens is 292 g/mol. The average Bonchev–Trinajstić information content (AvgIpc) is 2.59. The van der Waals surface area contributed by atoms with Gasteiger partial charge < -0.3 is 0 Å². The van der Waals surface area contributed by atoms with Crippen molar-refractivity contribution in [3.8, 4) is 22.3 Å². The van der Waals surface area contributed by atoms with Gasteiger partial charge in [0.05, 0.1) is 11.0 Å². The van der Waals surface area contributed by atoms with Crippen LogP contribution in [0.4, 0.5) is 0 Å². The largest absolute Gasteiger partial charge is 0.296 e. The summed E-state index contributed by atoms with van der Waals surface area (Å²) in [6, 6.07) is 22.1. The van der Waals surface area contributed by atoms with E-state index in [1.165, 1.54) is 44.4 Å². The van der Waals surface area contributed by atoms with Crippen molar-refractivity contribution in [1.29, 1.82) is 0 Å². The molecule has 0 aliphatic heterocycles. The van der Waals surface area contributed by atoms with E-state index < -0.39 is 0 Å². The molecule has 0 aliphatic carbocycles. The summed E-state index contributed by atoms with van der Waals surface area (Å²) in [5.41, 5.74) is 10.4. The first-order valence-corrected chi connectivity index (χ1v) is 8.51. The van der Waals surface area contributed by atoms with Gasteiger partial charge in [0.2, 0.25) is 0 Å². The third-order valence-corrected chi connectivity index (χ3v) is 4.80. The Balaban J connectivity index is 1.95. The van der Waals surface area contributed by atoms with Gasteiger partial charge in [-0.25, -0.2) is 0 Å². The lowest BCUT2D eigenvalue weighted by molar-refractivity contribution is 0.762. The summed E-state index contributed by atoms with van der Waals surface area (Å²) in [6.45, 7) is 4.38. The molecule has 24 heavy (non-hydrogen) atoms. The molecule has 4 rings (SSSR count). The lowest BCUT2D eigenvalue weighted by Gasteiger charge is -2.17. The fourth-order valence-electron chi connectivity index (χ4n) is 3.55. The number of fused-ring (bicyclic) bond motifs is 1. The minimum atomic E-state index is 1.03. The van der Waals surface area contributed by atoms with Crippen LogP contribution >= 0.6 is 0 Å². The second-order valence-corrected chi connectivity index (χ2v) is 6.47. The topological polar surface area (TPSA) is 20.7 Å². The van der Waals surface area contributed by atoms with Gasteiger partial charge in [-0.3, -0.25) is 9.78 Å². The van der Waals surface area contributed by atoms with E-state index in [0.717, 1.165) is 6.42 Å². The SMILES string of the molecule is CCc1cccc(-c2ccc3c(c2)[nH]n3C)c1-c1cccc(C)c1. The first-order chi connectivity index (χ1) is 11.7. The third kappa shape index (κ3) is 2.35. The maximum absolute atomic E-state index is 3.33. The molecule has 2 heteroatoms. The predicted octanol–water partition coefficient (Wildman–Crippen LogP) is 5.71. The zero-order chi connectivity index (χ0) is 16.7. The van der Waals surface area contributed by atoms with E-state index in [1.54, 1.807) is 0 Å². The highest BCUT2D eigenvalue weighted by molar-refractivity contribution is 5.90. The van der Waals surface area contributed by atoms with Gasteiger partial charge in [-0.05, 0) is 53.3 Å². The molecule has 0 spiro atoms. The first kappa shape index (κ1) is 14.8. The lowest BCUT2D eigenvalue weighted by Crippen LogP contribution is -2.04. The molecule has 3 aromatic carbocycles. The summed E-state index contributed by atoms with van der Waals surface area (Å²) in [5.74, 6) is 0. The number of benzene rings is 3. The lowest BCUT2D eigenvalue weighted by atomic mass is 9.89. The number of rotatable bonds is 3. The minimum absolute atomic E-state index is 1.03. The van der Waals surface area contributed by atoms with Crippen LogP contribution in [0.3, 0.4) is 0 Å². The number of H-pyrrole nitrogens is 1. The fourth-order valence-corrected chi connectivity index (χ4v) is 3.55. The highest BCUT2D eigenvalue weighted by atomic mass is 15.3. The highest BCUT2D eigenvalue weighted by Crippen LogP contribution is 2.36. The number of aryl methyl sites for hydroxylation is 3. The van der Waals surface area contributed by atoms with Crippen molar-refractivity contribution in [2.45, 2.75) is 20.3 Å². The molecule has 0 fully saturated rings. The maximum Gasteiger partial charge on any atom is 0.0818 e. The van der Waals surface area contributed by atoms with Crippen molar-refractivity contribution in [2.24, 2.45) is 7.05 Å². The van der Waals surface area contributed by atoms with E-state index in [1.807, 2.05) is 11.7 Å². The molecule has 2 nitrogen and oxygen atoms in total. The molecule has 1 aromatic heterocycles. The van der Waals surface area contributed by atoms with Crippen LogP contribution in [0.5, 0.6) is 0 Å². The Labute approximate surface area is 142 Å². The normalized spacial score (nSPS) is 11.3. The van der Waals surface area contributed by atoms with Crippen molar-refractivity contribution in [3.63, 3.8) is 0 Å². The van der Waals surface area contributed by atoms with Crippen LogP contribution in [-0.4, -0.2) is 9.78 Å². The molecule has 0 saturated carbocycles. The van der Waals surface area contributed by atoms with Gasteiger partial charge in [-0.2, -0.15) is 0 Å². The van der Waals surface area contributed by atoms with Crippen molar-refractivity contribution >= 4 is 11.0 Å². The van der Waals surface area contributed by atoms with Gasteiger partial charge in [0.15, 0.2) is 0 Å². The summed E-state index contributed by atoms with van der Waals surface area (Å²) >= 11 is 0. The Kier molecular flexibility index (Phi) is 3.53. The van der Waals surface area contributed by atoms with Crippen molar-refractivity contribution in [2.75, 3.05) is 0 Å². The van der Waals surface area contributed by atoms with Crippen molar-refractivity contribution in [3.05, 3.63) is 71.8 Å². The van der Waals surface area contributed by atoms with Crippen LogP contribution in [0.15, 0.2) is 60.7 Å². The average molecular weight is 314 g/mol. The molecule has 0 unspecified atom stereocenters. The van der Waals surface area contributed by atoms with Crippen molar-refractivity contribution in [1.82, 2.24) is 9.78 Å². The van der Waals surface area contributed by atoms with E-state index in [-0.39, 0.29) is 0 Å². The van der Waals surface area contributed by atoms with Crippen LogP contribution in [-0.2, 0) is 13.5 Å². The van der Waals surface area contributed by atoms with Crippen LogP contribution in [0, 0.1) is 6.92 Å². The standard InChI is InChI=1S/C22H22N2/c1-4-16-8-6-10-19(22(16)18-9-5-7-15(2)13-18)17-11-12-21-20(14-17)23-24(21)3/h5-14,23H,4H2,1-3H3. The van der Waals surface area contributed by atoms with Crippen LogP contribution in [0.2, 0.25) is 0 Å². The molecule has 4 aromatic rings. The summed E-state index contributed by atoms with van der Waals surface area (Å²) in [5, 5.41) is 3.33. The molecule has 0 saturated heterocycles. The number of hydrogen-bond acceptors (Lipinski definition) is 0. The Hall–Kier alpha value is -2.74. The molecule has 120 valence electrons. The van der Waals surface area contributed by atoms with Crippen LogP contribution in [0.1, 0.15) is 18.1 Å². The quantitative estimate of drug-likeness (QED) is 0.500. The number of aromatic amines is 1. The summed E-state index contributed by atoms with van der Waals surface area (Å²) < 4.78 is 2.04. The molecule has 1 heterocycles. The highest BCUT2D eigenvalue weighted by Gasteiger charge is 2.13. The monoisotopic (exact) mass is 314 g/mol. The van der Waals surface area contributed by atoms with Gasteiger partial charge in [0.25, 0.3) is 0 Å². The first-order valence-electron chi connectivity index (χ1n) is 8.51. The Morgan fingerprint density at radius 2 is 1.75 bits per heavy atom. The molecule has 0 atom stereocenters. The summed E-state index contributed by atoms with van der Waals surface area (Å²) in [4.78, 5) is 0. The Morgan fingerprint density at radius 1 is 0.917 bits per heavy atom. The van der Waals surface area contributed by atoms with Crippen molar-refractivity contribution < 1.29 is 0 Å². The fraction of sp³-hybridized carbons (Fsp3) is 0.182. The summed E-state index contributed by atoms with van der Waals surface area (Å²) in [7, 11) is 2.04. The Bertz CT molecular complexity index is 1020. The van der Waals surface area contributed by atoms with Gasteiger partial charge in [0.1, 0.15) is 0 Å². The number of hydrogen-bond donors (Lipinski definition) is 1. The van der Waals surface area contributed by atoms with E-state index in [9.17, 15) is 0 Å². The van der Waals surface area contributed by atoms with Gasteiger partial charge in [0, 0.05) is 7.05 Å². The molecular formula is C22H22N2. The molecule has 0 amide bonds. The molecule has 0 radical (unpaired) electrons. The van der Waals surface area contributed by atoms with E-state index in [2.05, 4.69) is 79.6 Å². The van der Waals surface area contributed by atoms with Crippen LogP contribution < -0.4 is 0 Å². The van der Waals surface area contributed by atoms with Crippen LogP contribution in [0.25, 0.3) is 33.3 Å². The van der Waals surface area contributed by atoms with Gasteiger partial charge in [-0.15, -0.1) is 0 Å².